The quantitative estimate of drug-likeness (QED) is 0.667. The van der Waals surface area contributed by atoms with Crippen LogP contribution in [-0.2, 0) is 7.05 Å². The first kappa shape index (κ1) is 11.2. The number of nitrogens with zero attached hydrogens (tertiary/aromatic N) is 3. The zero-order valence-electron chi connectivity index (χ0n) is 10.2. The van der Waals surface area contributed by atoms with Crippen LogP contribution < -0.4 is 0 Å². The maximum absolute atomic E-state index is 6.21. The van der Waals surface area contributed by atoms with Crippen molar-refractivity contribution >= 4 is 22.5 Å². The fraction of sp³-hybridized carbons (Fsp3) is 0.143. The van der Waals surface area contributed by atoms with Crippen LogP contribution in [0.2, 0.25) is 5.02 Å². The molecule has 90 valence electrons. The molecule has 0 bridgehead atoms. The summed E-state index contributed by atoms with van der Waals surface area (Å²) in [7, 11) is 2.02. The molecule has 0 radical (unpaired) electrons. The number of aryl methyl sites for hydroxylation is 2. The van der Waals surface area contributed by atoms with Gasteiger partial charge in [-0.2, -0.15) is 0 Å². The zero-order chi connectivity index (χ0) is 12.7. The first-order valence-corrected chi connectivity index (χ1v) is 6.08. The van der Waals surface area contributed by atoms with Gasteiger partial charge in [-0.25, -0.2) is 9.97 Å². The predicted octanol–water partition coefficient (Wildman–Crippen LogP) is 3.60. The highest BCUT2D eigenvalue weighted by atomic mass is 35.5. The van der Waals surface area contributed by atoms with Gasteiger partial charge in [0.2, 0.25) is 0 Å². The van der Waals surface area contributed by atoms with Crippen molar-refractivity contribution in [1.82, 2.24) is 14.5 Å². The number of fused-ring (bicyclic) bond motifs is 1. The van der Waals surface area contributed by atoms with Gasteiger partial charge in [0.1, 0.15) is 5.82 Å². The Hall–Kier alpha value is -1.87. The maximum Gasteiger partial charge on any atom is 0.125 e. The molecule has 2 aromatic heterocycles. The number of aromatic nitrogens is 3. The molecule has 0 saturated carbocycles. The van der Waals surface area contributed by atoms with Crippen LogP contribution in [0.1, 0.15) is 5.82 Å². The van der Waals surface area contributed by atoms with Crippen molar-refractivity contribution in [2.24, 2.45) is 7.05 Å². The highest BCUT2D eigenvalue weighted by Gasteiger charge is 2.12. The van der Waals surface area contributed by atoms with Gasteiger partial charge in [-0.1, -0.05) is 29.8 Å². The number of hydrogen-bond donors (Lipinski definition) is 0. The van der Waals surface area contributed by atoms with E-state index in [4.69, 9.17) is 11.6 Å². The summed E-state index contributed by atoms with van der Waals surface area (Å²) in [6.07, 6.45) is 3.71. The molecule has 3 nitrogen and oxygen atoms in total. The number of hydrogen-bond acceptors (Lipinski definition) is 2. The highest BCUT2D eigenvalue weighted by molar-refractivity contribution is 6.33. The first-order chi connectivity index (χ1) is 8.66. The predicted molar refractivity (Wildman–Crippen MR) is 73.7 cm³/mol. The molecule has 0 amide bonds. The molecule has 1 aromatic carbocycles. The van der Waals surface area contributed by atoms with Crippen LogP contribution in [-0.4, -0.2) is 14.5 Å². The molecule has 0 aliphatic rings. The normalized spacial score (nSPS) is 11.1. The molecule has 0 unspecified atom stereocenters. The Morgan fingerprint density at radius 2 is 2.00 bits per heavy atom. The number of benzene rings is 1. The van der Waals surface area contributed by atoms with Crippen LogP contribution in [0.25, 0.3) is 22.2 Å². The number of halogens is 1. The van der Waals surface area contributed by atoms with Gasteiger partial charge in [-0.3, -0.25) is 0 Å². The van der Waals surface area contributed by atoms with Crippen LogP contribution in [0.15, 0.2) is 36.7 Å². The molecule has 4 heteroatoms. The molecule has 0 aliphatic carbocycles. The number of rotatable bonds is 1. The number of para-hydroxylation sites is 1. The zero-order valence-corrected chi connectivity index (χ0v) is 10.9. The van der Waals surface area contributed by atoms with E-state index in [2.05, 4.69) is 32.9 Å². The lowest BCUT2D eigenvalue weighted by molar-refractivity contribution is 0.968. The summed E-state index contributed by atoms with van der Waals surface area (Å²) in [6, 6.07) is 8.21. The second kappa shape index (κ2) is 4.10. The molecule has 18 heavy (non-hydrogen) atoms. The molecule has 3 rings (SSSR count). The summed E-state index contributed by atoms with van der Waals surface area (Å²) in [5.41, 5.74) is 3.00. The second-order valence-corrected chi connectivity index (χ2v) is 4.69. The van der Waals surface area contributed by atoms with Gasteiger partial charge in [0.25, 0.3) is 0 Å². The molecule has 0 saturated heterocycles. The average Bonchev–Trinajstić information content (AvgIpc) is 2.71. The fourth-order valence-corrected chi connectivity index (χ4v) is 2.37. The van der Waals surface area contributed by atoms with Gasteiger partial charge in [0.15, 0.2) is 0 Å². The van der Waals surface area contributed by atoms with E-state index in [0.717, 1.165) is 22.5 Å². The van der Waals surface area contributed by atoms with E-state index in [9.17, 15) is 0 Å². The van der Waals surface area contributed by atoms with Gasteiger partial charge < -0.3 is 4.57 Å². The molecule has 0 atom stereocenters. The lowest BCUT2D eigenvalue weighted by Crippen LogP contribution is -1.91. The first-order valence-electron chi connectivity index (χ1n) is 5.70. The van der Waals surface area contributed by atoms with Crippen molar-refractivity contribution in [3.8, 4) is 11.3 Å². The van der Waals surface area contributed by atoms with Crippen LogP contribution >= 0.6 is 11.6 Å². The van der Waals surface area contributed by atoms with E-state index in [1.54, 1.807) is 6.20 Å². The van der Waals surface area contributed by atoms with E-state index in [0.29, 0.717) is 5.02 Å². The minimum atomic E-state index is 0.581. The smallest absolute Gasteiger partial charge is 0.125 e. The summed E-state index contributed by atoms with van der Waals surface area (Å²) in [5.74, 6) is 0.724. The van der Waals surface area contributed by atoms with Crippen molar-refractivity contribution in [3.63, 3.8) is 0 Å². The van der Waals surface area contributed by atoms with E-state index in [1.165, 1.54) is 5.52 Å². The van der Waals surface area contributed by atoms with Gasteiger partial charge in [0.05, 0.1) is 10.7 Å². The lowest BCUT2D eigenvalue weighted by atomic mass is 10.1. The third kappa shape index (κ3) is 1.68. The summed E-state index contributed by atoms with van der Waals surface area (Å²) in [5, 5.41) is 1.73. The van der Waals surface area contributed by atoms with Gasteiger partial charge in [-0.05, 0) is 13.0 Å². The molecular weight excluding hydrogens is 246 g/mol. The van der Waals surface area contributed by atoms with Crippen LogP contribution in [0.4, 0.5) is 0 Å². The van der Waals surface area contributed by atoms with E-state index >= 15 is 0 Å². The van der Waals surface area contributed by atoms with Crippen molar-refractivity contribution in [3.05, 3.63) is 47.5 Å². The Morgan fingerprint density at radius 1 is 1.22 bits per heavy atom. The van der Waals surface area contributed by atoms with Crippen LogP contribution in [0.3, 0.4) is 0 Å². The Labute approximate surface area is 110 Å². The van der Waals surface area contributed by atoms with E-state index < -0.39 is 0 Å². The standard InChI is InChI=1S/C14H12ClN3/c1-9-16-7-12(15)14(17-9)11-8-18(2)13-6-4-3-5-10(11)13/h3-8H,1-2H3. The monoisotopic (exact) mass is 257 g/mol. The molecule has 0 N–H and O–H groups in total. The summed E-state index contributed by atoms with van der Waals surface area (Å²) in [4.78, 5) is 8.55. The largest absolute Gasteiger partial charge is 0.350 e. The Balaban J connectivity index is 2.35. The molecule has 0 aliphatic heterocycles. The maximum atomic E-state index is 6.21. The topological polar surface area (TPSA) is 30.7 Å². The van der Waals surface area contributed by atoms with Crippen molar-refractivity contribution in [2.75, 3.05) is 0 Å². The summed E-state index contributed by atoms with van der Waals surface area (Å²) >= 11 is 6.21. The fourth-order valence-electron chi connectivity index (χ4n) is 2.17. The lowest BCUT2D eigenvalue weighted by Gasteiger charge is -2.02. The third-order valence-corrected chi connectivity index (χ3v) is 3.29. The summed E-state index contributed by atoms with van der Waals surface area (Å²) < 4.78 is 2.08. The van der Waals surface area contributed by atoms with Gasteiger partial charge in [-0.15, -0.1) is 0 Å². The van der Waals surface area contributed by atoms with E-state index in [-0.39, 0.29) is 0 Å². The van der Waals surface area contributed by atoms with Crippen LogP contribution in [0.5, 0.6) is 0 Å². The second-order valence-electron chi connectivity index (χ2n) is 4.28. The molecule has 2 heterocycles. The highest BCUT2D eigenvalue weighted by Crippen LogP contribution is 2.32. The summed E-state index contributed by atoms with van der Waals surface area (Å²) in [6.45, 7) is 1.87. The van der Waals surface area contributed by atoms with Gasteiger partial charge in [0, 0.05) is 35.9 Å². The van der Waals surface area contributed by atoms with Crippen molar-refractivity contribution in [2.45, 2.75) is 6.92 Å². The van der Waals surface area contributed by atoms with Crippen molar-refractivity contribution < 1.29 is 0 Å². The molecular formula is C14H12ClN3. The Morgan fingerprint density at radius 3 is 2.83 bits per heavy atom. The third-order valence-electron chi connectivity index (χ3n) is 3.02. The molecule has 0 spiro atoms. The Kier molecular flexibility index (Phi) is 2.56. The molecule has 0 fully saturated rings. The Bertz CT molecular complexity index is 731. The van der Waals surface area contributed by atoms with E-state index in [1.807, 2.05) is 26.1 Å². The average molecular weight is 258 g/mol. The minimum Gasteiger partial charge on any atom is -0.350 e. The van der Waals surface area contributed by atoms with Crippen LogP contribution in [0, 0.1) is 6.92 Å². The van der Waals surface area contributed by atoms with Gasteiger partial charge >= 0.3 is 0 Å². The van der Waals surface area contributed by atoms with Crippen molar-refractivity contribution in [1.29, 1.82) is 0 Å². The molecule has 3 aromatic rings. The minimum absolute atomic E-state index is 0.581. The SMILES string of the molecule is Cc1ncc(Cl)c(-c2cn(C)c3ccccc23)n1.